The summed E-state index contributed by atoms with van der Waals surface area (Å²) in [6.45, 7) is 14.1. The Hall–Kier alpha value is -3.22. The van der Waals surface area contributed by atoms with Crippen molar-refractivity contribution in [2.45, 2.75) is 67.3 Å². The number of aromatic nitrogens is 3. The number of pyridine rings is 1. The maximum atomic E-state index is 12.8. The average Bonchev–Trinajstić information content (AvgIpc) is 3.16. The third-order valence-electron chi connectivity index (χ3n) is 6.50. The molecule has 182 valence electrons. The van der Waals surface area contributed by atoms with Gasteiger partial charge in [-0.2, -0.15) is 0 Å². The van der Waals surface area contributed by atoms with Crippen LogP contribution in [-0.4, -0.2) is 39.7 Å². The molecule has 0 aliphatic rings. The molecule has 0 aliphatic carbocycles. The fraction of sp³-hybridized carbons (Fsp3) is 0.481. The topological polar surface area (TPSA) is 83.3 Å². The Bertz CT molecular complexity index is 1160. The molecule has 0 fully saturated rings. The number of imidazole rings is 1. The molecule has 34 heavy (non-hydrogen) atoms. The van der Waals surface area contributed by atoms with Crippen LogP contribution < -0.4 is 0 Å². The van der Waals surface area contributed by atoms with Gasteiger partial charge in [0, 0.05) is 18.0 Å². The fourth-order valence-corrected chi connectivity index (χ4v) is 4.31. The molecule has 3 aromatic rings. The van der Waals surface area contributed by atoms with Crippen LogP contribution in [0.4, 0.5) is 0 Å². The van der Waals surface area contributed by atoms with E-state index in [-0.39, 0.29) is 13.2 Å². The van der Waals surface area contributed by atoms with Crippen LogP contribution >= 0.6 is 0 Å². The molecular formula is C27H35N3O4. The summed E-state index contributed by atoms with van der Waals surface area (Å²) in [4.78, 5) is 35.1. The minimum atomic E-state index is -1.43. The van der Waals surface area contributed by atoms with Crippen LogP contribution in [0.5, 0.6) is 0 Å². The summed E-state index contributed by atoms with van der Waals surface area (Å²) in [7, 11) is 0. The normalized spacial score (nSPS) is 12.6. The number of nitrogens with zero attached hydrogens (tertiary/aromatic N) is 3. The molecular weight excluding hydrogens is 430 g/mol. The van der Waals surface area contributed by atoms with E-state index < -0.39 is 23.3 Å². The average molecular weight is 466 g/mol. The van der Waals surface area contributed by atoms with Crippen LogP contribution in [0.25, 0.3) is 11.2 Å². The second-order valence-corrected chi connectivity index (χ2v) is 8.83. The molecule has 2 aromatic heterocycles. The first-order chi connectivity index (χ1) is 16.2. The van der Waals surface area contributed by atoms with Crippen molar-refractivity contribution in [3.8, 4) is 0 Å². The standard InChI is InChI=1S/C27H35N3O4/c1-8-22-29-23-17(4)15-18(5)28-24(23)30(22)16-20-11-13-21(14-12-20)19(6)27(7,25(31)33-9-2)26(32)34-10-3/h11-15,19H,8-10,16H2,1-7H3. The van der Waals surface area contributed by atoms with Gasteiger partial charge >= 0.3 is 11.9 Å². The van der Waals surface area contributed by atoms with Gasteiger partial charge in [-0.3, -0.25) is 9.59 Å². The van der Waals surface area contributed by atoms with E-state index in [9.17, 15) is 9.59 Å². The van der Waals surface area contributed by atoms with Crippen molar-refractivity contribution >= 4 is 23.1 Å². The molecule has 3 rings (SSSR count). The molecule has 0 amide bonds. The van der Waals surface area contributed by atoms with Gasteiger partial charge in [-0.15, -0.1) is 0 Å². The van der Waals surface area contributed by atoms with E-state index in [1.807, 2.05) is 38.1 Å². The highest BCUT2D eigenvalue weighted by atomic mass is 16.6. The van der Waals surface area contributed by atoms with Crippen molar-refractivity contribution < 1.29 is 19.1 Å². The maximum Gasteiger partial charge on any atom is 0.323 e. The summed E-state index contributed by atoms with van der Waals surface area (Å²) in [5.41, 5.74) is 4.44. The minimum Gasteiger partial charge on any atom is -0.465 e. The van der Waals surface area contributed by atoms with Crippen LogP contribution in [-0.2, 0) is 32.0 Å². The minimum absolute atomic E-state index is 0.199. The van der Waals surface area contributed by atoms with Crippen LogP contribution in [0.15, 0.2) is 30.3 Å². The van der Waals surface area contributed by atoms with Crippen molar-refractivity contribution in [1.82, 2.24) is 14.5 Å². The van der Waals surface area contributed by atoms with Crippen molar-refractivity contribution in [1.29, 1.82) is 0 Å². The molecule has 1 aromatic carbocycles. The summed E-state index contributed by atoms with van der Waals surface area (Å²) >= 11 is 0. The molecule has 0 spiro atoms. The lowest BCUT2D eigenvalue weighted by molar-refractivity contribution is -0.172. The third-order valence-corrected chi connectivity index (χ3v) is 6.50. The quantitative estimate of drug-likeness (QED) is 0.330. The Labute approximate surface area is 201 Å². The smallest absolute Gasteiger partial charge is 0.323 e. The molecule has 1 unspecified atom stereocenters. The number of aryl methyl sites for hydroxylation is 3. The summed E-state index contributed by atoms with van der Waals surface area (Å²) in [6.07, 6.45) is 0.807. The summed E-state index contributed by atoms with van der Waals surface area (Å²) in [5, 5.41) is 0. The highest BCUT2D eigenvalue weighted by Gasteiger charge is 2.49. The Kier molecular flexibility index (Phi) is 7.75. The Balaban J connectivity index is 1.93. The van der Waals surface area contributed by atoms with Gasteiger partial charge in [0.1, 0.15) is 11.3 Å². The van der Waals surface area contributed by atoms with Gasteiger partial charge in [-0.1, -0.05) is 38.1 Å². The van der Waals surface area contributed by atoms with Crippen LogP contribution in [0.2, 0.25) is 0 Å². The molecule has 7 heteroatoms. The molecule has 0 N–H and O–H groups in total. The second kappa shape index (κ2) is 10.4. The van der Waals surface area contributed by atoms with E-state index in [0.29, 0.717) is 6.54 Å². The number of hydrogen-bond acceptors (Lipinski definition) is 6. The van der Waals surface area contributed by atoms with Crippen molar-refractivity contribution in [3.05, 3.63) is 58.5 Å². The number of benzene rings is 1. The van der Waals surface area contributed by atoms with Gasteiger partial charge in [0.05, 0.1) is 19.8 Å². The highest BCUT2D eigenvalue weighted by Crippen LogP contribution is 2.38. The number of carbonyl (C=O) groups is 2. The Morgan fingerprint density at radius 2 is 1.59 bits per heavy atom. The Morgan fingerprint density at radius 1 is 1.00 bits per heavy atom. The summed E-state index contributed by atoms with van der Waals surface area (Å²) < 4.78 is 12.6. The SMILES string of the molecule is CCOC(=O)C(C)(C(=O)OCC)C(C)c1ccc(Cn2c(CC)nc3c(C)cc(C)nc32)cc1. The largest absolute Gasteiger partial charge is 0.465 e. The van der Waals surface area contributed by atoms with Crippen LogP contribution in [0.1, 0.15) is 68.7 Å². The number of ether oxygens (including phenoxy) is 2. The summed E-state index contributed by atoms with van der Waals surface area (Å²) in [6, 6.07) is 10.0. The first kappa shape index (κ1) is 25.4. The van der Waals surface area contributed by atoms with Gasteiger partial charge in [-0.05, 0) is 57.4 Å². The van der Waals surface area contributed by atoms with Gasteiger partial charge in [0.2, 0.25) is 0 Å². The zero-order valence-electron chi connectivity index (χ0n) is 21.3. The zero-order chi connectivity index (χ0) is 25.0. The predicted molar refractivity (Wildman–Crippen MR) is 132 cm³/mol. The van der Waals surface area contributed by atoms with Crippen LogP contribution in [0.3, 0.4) is 0 Å². The monoisotopic (exact) mass is 465 g/mol. The van der Waals surface area contributed by atoms with Gasteiger partial charge in [0.15, 0.2) is 11.1 Å². The lowest BCUT2D eigenvalue weighted by atomic mass is 9.74. The molecule has 0 saturated carbocycles. The number of fused-ring (bicyclic) bond motifs is 1. The fourth-order valence-electron chi connectivity index (χ4n) is 4.31. The molecule has 0 bridgehead atoms. The van der Waals surface area contributed by atoms with E-state index in [2.05, 4.69) is 24.5 Å². The number of hydrogen-bond donors (Lipinski definition) is 0. The maximum absolute atomic E-state index is 12.8. The second-order valence-electron chi connectivity index (χ2n) is 8.83. The van der Waals surface area contributed by atoms with Gasteiger partial charge in [0.25, 0.3) is 0 Å². The first-order valence-electron chi connectivity index (χ1n) is 11.9. The van der Waals surface area contributed by atoms with E-state index in [1.54, 1.807) is 20.8 Å². The van der Waals surface area contributed by atoms with Crippen molar-refractivity contribution in [2.24, 2.45) is 5.41 Å². The van der Waals surface area contributed by atoms with Crippen molar-refractivity contribution in [3.63, 3.8) is 0 Å². The number of esters is 2. The number of rotatable bonds is 9. The molecule has 1 atom stereocenters. The lowest BCUT2D eigenvalue weighted by Gasteiger charge is -2.31. The molecule has 0 saturated heterocycles. The van der Waals surface area contributed by atoms with E-state index in [0.717, 1.165) is 45.8 Å². The van der Waals surface area contributed by atoms with E-state index in [4.69, 9.17) is 19.4 Å². The van der Waals surface area contributed by atoms with E-state index in [1.165, 1.54) is 0 Å². The lowest BCUT2D eigenvalue weighted by Crippen LogP contribution is -2.43. The van der Waals surface area contributed by atoms with Crippen molar-refractivity contribution in [2.75, 3.05) is 13.2 Å². The predicted octanol–water partition coefficient (Wildman–Crippen LogP) is 4.89. The third kappa shape index (κ3) is 4.69. The molecule has 0 aliphatic heterocycles. The highest BCUT2D eigenvalue weighted by molar-refractivity contribution is 6.00. The zero-order valence-corrected chi connectivity index (χ0v) is 21.3. The van der Waals surface area contributed by atoms with Gasteiger partial charge < -0.3 is 14.0 Å². The molecule has 7 nitrogen and oxygen atoms in total. The number of carbonyl (C=O) groups excluding carboxylic acids is 2. The summed E-state index contributed by atoms with van der Waals surface area (Å²) in [5.74, 6) is -0.573. The molecule has 0 radical (unpaired) electrons. The first-order valence-corrected chi connectivity index (χ1v) is 11.9. The van der Waals surface area contributed by atoms with E-state index >= 15 is 0 Å². The molecule has 2 heterocycles. The van der Waals surface area contributed by atoms with Crippen LogP contribution in [0, 0.1) is 19.3 Å². The van der Waals surface area contributed by atoms with Gasteiger partial charge in [-0.25, -0.2) is 9.97 Å². The Morgan fingerprint density at radius 3 is 2.12 bits per heavy atom.